The monoisotopic (exact) mass is 474 g/mol. The van der Waals surface area contributed by atoms with Crippen LogP contribution in [0.4, 0.5) is 0 Å². The Bertz CT molecular complexity index is 609. The van der Waals surface area contributed by atoms with Crippen molar-refractivity contribution in [2.24, 2.45) is 0 Å². The summed E-state index contributed by atoms with van der Waals surface area (Å²) in [5.74, 6) is 0.459. The van der Waals surface area contributed by atoms with Crippen molar-refractivity contribution in [2.75, 3.05) is 0 Å². The summed E-state index contributed by atoms with van der Waals surface area (Å²) < 4.78 is 1.98. The summed E-state index contributed by atoms with van der Waals surface area (Å²) in [7, 11) is 1.88. The molecule has 0 aliphatic carbocycles. The Hall–Kier alpha value is -0.455. The Morgan fingerprint density at radius 2 is 1.19 bits per heavy atom. The van der Waals surface area contributed by atoms with Crippen molar-refractivity contribution in [1.82, 2.24) is 0 Å². The van der Waals surface area contributed by atoms with Crippen LogP contribution in [0.5, 0.6) is 11.5 Å². The van der Waals surface area contributed by atoms with E-state index in [2.05, 4.69) is 61.6 Å². The number of halogens is 3. The highest BCUT2D eigenvalue weighted by molar-refractivity contribution is 9.11. The number of hydrogen-bond donors (Lipinski definition) is 2. The largest absolute Gasteiger partial charge is 0.507 e. The molecule has 0 atom stereocenters. The fraction of sp³-hybridized carbons (Fsp3) is 0.200. The van der Waals surface area contributed by atoms with Crippen LogP contribution in [0.15, 0.2) is 37.7 Å². The molecule has 0 unspecified atom stereocenters. The Labute approximate surface area is 150 Å². The number of aromatic hydroxyl groups is 2. The van der Waals surface area contributed by atoms with Gasteiger partial charge in [0, 0.05) is 5.41 Å². The molecular weight excluding hydrogens is 463 g/mol. The highest BCUT2D eigenvalue weighted by Crippen LogP contribution is 2.40. The van der Waals surface area contributed by atoms with E-state index < -0.39 is 0 Å². The summed E-state index contributed by atoms with van der Waals surface area (Å²) in [5.41, 5.74) is 2.68. The second-order valence-corrected chi connectivity index (χ2v) is 8.10. The topological polar surface area (TPSA) is 40.5 Å². The fourth-order valence-electron chi connectivity index (χ4n) is 2.19. The van der Waals surface area contributed by atoms with Crippen molar-refractivity contribution < 1.29 is 10.2 Å². The van der Waals surface area contributed by atoms with E-state index in [9.17, 15) is 10.2 Å². The standard InChI is InChI=1S/C15H14BBr3O2/c1-15(2,7-3-9(16)13(20)10(17)4-7)8-5-11(18)14(21)12(19)6-8/h3-6,20-21H,16H2,1-2H3. The normalized spacial score (nSPS) is 11.7. The molecule has 2 rings (SSSR count). The Morgan fingerprint density at radius 3 is 1.62 bits per heavy atom. The molecule has 0 saturated carbocycles. The molecule has 110 valence electrons. The number of benzene rings is 2. The van der Waals surface area contributed by atoms with E-state index in [0.717, 1.165) is 16.6 Å². The summed E-state index contributed by atoms with van der Waals surface area (Å²) in [6.45, 7) is 4.22. The lowest BCUT2D eigenvalue weighted by molar-refractivity contribution is 0.467. The number of rotatable bonds is 2. The molecule has 0 saturated heterocycles. The zero-order valence-corrected chi connectivity index (χ0v) is 16.6. The maximum Gasteiger partial charge on any atom is 0.144 e. The van der Waals surface area contributed by atoms with Gasteiger partial charge in [0.15, 0.2) is 0 Å². The van der Waals surface area contributed by atoms with Gasteiger partial charge in [-0.05, 0) is 82.6 Å². The molecule has 0 radical (unpaired) electrons. The minimum atomic E-state index is -0.278. The van der Waals surface area contributed by atoms with Crippen molar-refractivity contribution in [3.05, 3.63) is 48.8 Å². The Morgan fingerprint density at radius 1 is 0.810 bits per heavy atom. The van der Waals surface area contributed by atoms with Gasteiger partial charge in [-0.25, -0.2) is 0 Å². The van der Waals surface area contributed by atoms with Crippen LogP contribution < -0.4 is 5.46 Å². The van der Waals surface area contributed by atoms with E-state index in [4.69, 9.17) is 0 Å². The fourth-order valence-corrected chi connectivity index (χ4v) is 3.94. The molecule has 0 aliphatic rings. The van der Waals surface area contributed by atoms with Crippen molar-refractivity contribution in [1.29, 1.82) is 0 Å². The molecule has 2 nitrogen and oxygen atoms in total. The van der Waals surface area contributed by atoms with Crippen molar-refractivity contribution in [3.8, 4) is 11.5 Å². The van der Waals surface area contributed by atoms with E-state index in [-0.39, 0.29) is 16.9 Å². The first kappa shape index (κ1) is 16.9. The van der Waals surface area contributed by atoms with Gasteiger partial charge in [-0.1, -0.05) is 19.9 Å². The number of hydrogen-bond acceptors (Lipinski definition) is 2. The van der Waals surface area contributed by atoms with Gasteiger partial charge in [-0.3, -0.25) is 0 Å². The smallest absolute Gasteiger partial charge is 0.144 e. The van der Waals surface area contributed by atoms with Crippen molar-refractivity contribution >= 4 is 61.1 Å². The van der Waals surface area contributed by atoms with Crippen LogP contribution in [0.3, 0.4) is 0 Å². The van der Waals surface area contributed by atoms with Gasteiger partial charge < -0.3 is 10.2 Å². The molecule has 2 aromatic carbocycles. The maximum atomic E-state index is 9.90. The molecule has 6 heteroatoms. The zero-order valence-electron chi connectivity index (χ0n) is 11.8. The second-order valence-electron chi connectivity index (χ2n) is 5.54. The van der Waals surface area contributed by atoms with Gasteiger partial charge in [0.1, 0.15) is 19.3 Å². The van der Waals surface area contributed by atoms with Crippen LogP contribution in [0.2, 0.25) is 0 Å². The minimum absolute atomic E-state index is 0.192. The lowest BCUT2D eigenvalue weighted by atomic mass is 9.76. The highest BCUT2D eigenvalue weighted by Gasteiger charge is 2.26. The first-order valence-corrected chi connectivity index (χ1v) is 8.70. The Kier molecular flexibility index (Phi) is 4.81. The van der Waals surface area contributed by atoms with E-state index in [1.54, 1.807) is 0 Å². The van der Waals surface area contributed by atoms with Crippen LogP contribution >= 0.6 is 47.8 Å². The van der Waals surface area contributed by atoms with Crippen molar-refractivity contribution in [2.45, 2.75) is 19.3 Å². The SMILES string of the molecule is Bc1cc(C(C)(C)c2cc(Br)c(O)c(Br)c2)cc(Br)c1O. The molecule has 0 spiro atoms. The quantitative estimate of drug-likeness (QED) is 0.644. The predicted octanol–water partition coefficient (Wildman–Crippen LogP) is 3.97. The number of phenols is 2. The lowest BCUT2D eigenvalue weighted by Crippen LogP contribution is -2.21. The molecule has 0 heterocycles. The summed E-state index contributed by atoms with van der Waals surface area (Å²) in [4.78, 5) is 0. The van der Waals surface area contributed by atoms with Gasteiger partial charge in [0.2, 0.25) is 0 Å². The Balaban J connectivity index is 2.61. The van der Waals surface area contributed by atoms with Gasteiger partial charge in [0.25, 0.3) is 0 Å². The molecule has 0 bridgehead atoms. The summed E-state index contributed by atoms with van der Waals surface area (Å²) >= 11 is 10.1. The van der Waals surface area contributed by atoms with E-state index in [0.29, 0.717) is 13.4 Å². The molecule has 2 aromatic rings. The van der Waals surface area contributed by atoms with Gasteiger partial charge >= 0.3 is 0 Å². The van der Waals surface area contributed by atoms with Gasteiger partial charge in [-0.2, -0.15) is 0 Å². The molecule has 2 N–H and O–H groups in total. The number of phenolic OH excluding ortho intramolecular Hbond substituents is 2. The third-order valence-corrected chi connectivity index (χ3v) is 5.53. The molecular formula is C15H14BBr3O2. The molecule has 0 amide bonds. The van der Waals surface area contributed by atoms with E-state index in [1.807, 2.05) is 32.1 Å². The maximum absolute atomic E-state index is 9.90. The molecule has 0 fully saturated rings. The van der Waals surface area contributed by atoms with E-state index in [1.165, 1.54) is 0 Å². The van der Waals surface area contributed by atoms with Crippen molar-refractivity contribution in [3.63, 3.8) is 0 Å². The summed E-state index contributed by atoms with van der Waals surface area (Å²) in [5, 5.41) is 19.8. The van der Waals surface area contributed by atoms with Crippen LogP contribution in [-0.2, 0) is 5.41 Å². The van der Waals surface area contributed by atoms with Crippen LogP contribution in [0, 0.1) is 0 Å². The molecule has 0 aliphatic heterocycles. The minimum Gasteiger partial charge on any atom is -0.507 e. The highest BCUT2D eigenvalue weighted by atomic mass is 79.9. The third-order valence-electron chi connectivity index (χ3n) is 3.71. The molecule has 21 heavy (non-hydrogen) atoms. The van der Waals surface area contributed by atoms with Crippen LogP contribution in [0.1, 0.15) is 25.0 Å². The average molecular weight is 477 g/mol. The zero-order chi connectivity index (χ0) is 15.9. The first-order valence-electron chi connectivity index (χ1n) is 6.32. The van der Waals surface area contributed by atoms with E-state index >= 15 is 0 Å². The first-order chi connectivity index (χ1) is 9.64. The summed E-state index contributed by atoms with van der Waals surface area (Å²) in [6, 6.07) is 7.73. The van der Waals surface area contributed by atoms with Gasteiger partial charge in [0.05, 0.1) is 13.4 Å². The average Bonchev–Trinajstić information content (AvgIpc) is 2.40. The predicted molar refractivity (Wildman–Crippen MR) is 99.6 cm³/mol. The molecule has 0 aromatic heterocycles. The third kappa shape index (κ3) is 3.17. The second kappa shape index (κ2) is 5.97. The van der Waals surface area contributed by atoms with Crippen LogP contribution in [-0.4, -0.2) is 18.1 Å². The summed E-state index contributed by atoms with van der Waals surface area (Å²) in [6.07, 6.45) is 0. The lowest BCUT2D eigenvalue weighted by Gasteiger charge is -2.28. The van der Waals surface area contributed by atoms with Crippen LogP contribution in [0.25, 0.3) is 0 Å². The van der Waals surface area contributed by atoms with Gasteiger partial charge in [-0.15, -0.1) is 0 Å².